The molecule has 1 heterocycles. The van der Waals surface area contributed by atoms with Gasteiger partial charge in [-0.05, 0) is 30.2 Å². The van der Waals surface area contributed by atoms with E-state index in [9.17, 15) is 13.2 Å². The molecule has 0 saturated heterocycles. The minimum atomic E-state index is -4.41. The number of guanidine groups is 1. The fourth-order valence-corrected chi connectivity index (χ4v) is 3.15. The number of hydrogen-bond donors (Lipinski definition) is 2. The van der Waals surface area contributed by atoms with Crippen LogP contribution in [0.25, 0.3) is 0 Å². The van der Waals surface area contributed by atoms with Gasteiger partial charge in [0, 0.05) is 23.4 Å². The number of halogens is 5. The van der Waals surface area contributed by atoms with Crippen LogP contribution in [0.4, 0.5) is 13.2 Å². The zero-order valence-corrected chi connectivity index (χ0v) is 18.2. The molecule has 10 heteroatoms. The molecule has 0 radical (unpaired) electrons. The summed E-state index contributed by atoms with van der Waals surface area (Å²) in [5.41, 5.74) is 1.37. The second-order valence-electron chi connectivity index (χ2n) is 4.97. The third-order valence-electron chi connectivity index (χ3n) is 3.22. The lowest BCUT2D eigenvalue weighted by atomic mass is 10.1. The van der Waals surface area contributed by atoms with Gasteiger partial charge in [-0.3, -0.25) is 4.99 Å². The monoisotopic (exact) mass is 548 g/mol. The van der Waals surface area contributed by atoms with Gasteiger partial charge in [0.05, 0.1) is 6.54 Å². The zero-order valence-electron chi connectivity index (χ0n) is 13.4. The number of alkyl halides is 3. The van der Waals surface area contributed by atoms with Crippen LogP contribution in [0.2, 0.25) is 0 Å². The Bertz CT molecular complexity index is 734. The molecule has 0 amide bonds. The van der Waals surface area contributed by atoms with Gasteiger partial charge in [-0.25, -0.2) is 4.98 Å². The van der Waals surface area contributed by atoms with E-state index < -0.39 is 11.9 Å². The zero-order chi connectivity index (χ0) is 17.7. The van der Waals surface area contributed by atoms with Gasteiger partial charge < -0.3 is 10.6 Å². The molecule has 2 aromatic rings. The van der Waals surface area contributed by atoms with Crippen molar-refractivity contribution in [3.63, 3.8) is 0 Å². The van der Waals surface area contributed by atoms with Crippen LogP contribution in [0.15, 0.2) is 33.0 Å². The van der Waals surface area contributed by atoms with Crippen LogP contribution in [0, 0.1) is 6.92 Å². The SMILES string of the molecule is CN=C(NCc1nc(C(F)(F)F)cs1)NCc1ccc(Br)cc1C.I. The van der Waals surface area contributed by atoms with E-state index in [0.717, 1.165) is 32.3 Å². The molecule has 2 N–H and O–H groups in total. The molecule has 0 aliphatic heterocycles. The number of rotatable bonds is 4. The Morgan fingerprint density at radius 1 is 1.28 bits per heavy atom. The maximum atomic E-state index is 12.5. The minimum Gasteiger partial charge on any atom is -0.352 e. The highest BCUT2D eigenvalue weighted by molar-refractivity contribution is 14.0. The van der Waals surface area contributed by atoms with E-state index in [1.165, 1.54) is 0 Å². The Morgan fingerprint density at radius 3 is 2.52 bits per heavy atom. The summed E-state index contributed by atoms with van der Waals surface area (Å²) in [5, 5.41) is 7.46. The highest BCUT2D eigenvalue weighted by Crippen LogP contribution is 2.29. The predicted octanol–water partition coefficient (Wildman–Crippen LogP) is 4.72. The highest BCUT2D eigenvalue weighted by atomic mass is 127. The van der Waals surface area contributed by atoms with Crippen LogP contribution in [-0.4, -0.2) is 18.0 Å². The van der Waals surface area contributed by atoms with Crippen LogP contribution >= 0.6 is 51.2 Å². The molecule has 0 aliphatic rings. The van der Waals surface area contributed by atoms with Gasteiger partial charge in [-0.2, -0.15) is 13.2 Å². The van der Waals surface area contributed by atoms with Crippen LogP contribution in [0.5, 0.6) is 0 Å². The van der Waals surface area contributed by atoms with E-state index in [-0.39, 0.29) is 30.5 Å². The first-order chi connectivity index (χ1) is 11.3. The number of aliphatic imine (C=N–C) groups is 1. The first-order valence-electron chi connectivity index (χ1n) is 7.00. The Balaban J connectivity index is 0.00000312. The van der Waals surface area contributed by atoms with Crippen molar-refractivity contribution < 1.29 is 13.2 Å². The second kappa shape index (κ2) is 9.72. The molecule has 0 bridgehead atoms. The van der Waals surface area contributed by atoms with Gasteiger partial charge in [0.25, 0.3) is 0 Å². The number of thiazole rings is 1. The molecule has 0 saturated carbocycles. The van der Waals surface area contributed by atoms with Gasteiger partial charge in [0.2, 0.25) is 0 Å². The topological polar surface area (TPSA) is 49.3 Å². The fourth-order valence-electron chi connectivity index (χ4n) is 1.94. The van der Waals surface area contributed by atoms with E-state index in [1.54, 1.807) is 7.05 Å². The fraction of sp³-hybridized carbons (Fsp3) is 0.333. The maximum absolute atomic E-state index is 12.5. The number of aromatic nitrogens is 1. The number of nitrogens with zero attached hydrogens (tertiary/aromatic N) is 2. The molecule has 0 spiro atoms. The van der Waals surface area contributed by atoms with E-state index in [2.05, 4.69) is 36.5 Å². The molecule has 0 fully saturated rings. The summed E-state index contributed by atoms with van der Waals surface area (Å²) in [4.78, 5) is 7.63. The molecule has 2 rings (SSSR count). The average Bonchev–Trinajstić information content (AvgIpc) is 2.98. The first kappa shape index (κ1) is 22.2. The van der Waals surface area contributed by atoms with Crippen LogP contribution < -0.4 is 10.6 Å². The summed E-state index contributed by atoms with van der Waals surface area (Å²) in [5.74, 6) is 0.501. The highest BCUT2D eigenvalue weighted by Gasteiger charge is 2.33. The molecule has 4 nitrogen and oxygen atoms in total. The van der Waals surface area contributed by atoms with Crippen molar-refractivity contribution >= 4 is 57.2 Å². The van der Waals surface area contributed by atoms with E-state index >= 15 is 0 Å². The maximum Gasteiger partial charge on any atom is 0.434 e. The van der Waals surface area contributed by atoms with E-state index in [4.69, 9.17) is 0 Å². The standard InChI is InChI=1S/C15H16BrF3N4S.HI/c1-9-5-11(16)4-3-10(9)6-21-14(20-2)22-7-13-23-12(8-24-13)15(17,18)19;/h3-5,8H,6-7H2,1-2H3,(H2,20,21,22);1H. The van der Waals surface area contributed by atoms with Gasteiger partial charge >= 0.3 is 6.18 Å². The molecule has 0 aliphatic carbocycles. The summed E-state index contributed by atoms with van der Waals surface area (Å²) < 4.78 is 38.6. The lowest BCUT2D eigenvalue weighted by molar-refractivity contribution is -0.140. The smallest absolute Gasteiger partial charge is 0.352 e. The predicted molar refractivity (Wildman–Crippen MR) is 108 cm³/mol. The molecular weight excluding hydrogens is 532 g/mol. The Hall–Kier alpha value is -0.880. The number of benzene rings is 1. The molecule has 25 heavy (non-hydrogen) atoms. The molecule has 1 aromatic carbocycles. The van der Waals surface area contributed by atoms with Crippen molar-refractivity contribution in [2.24, 2.45) is 4.99 Å². The third-order valence-corrected chi connectivity index (χ3v) is 4.57. The largest absolute Gasteiger partial charge is 0.434 e. The number of hydrogen-bond acceptors (Lipinski definition) is 3. The lowest BCUT2D eigenvalue weighted by Gasteiger charge is -2.12. The summed E-state index contributed by atoms with van der Waals surface area (Å²) in [6.45, 7) is 2.75. The third kappa shape index (κ3) is 6.74. The number of nitrogens with one attached hydrogen (secondary N) is 2. The van der Waals surface area contributed by atoms with Crippen molar-refractivity contribution in [2.45, 2.75) is 26.2 Å². The summed E-state index contributed by atoms with van der Waals surface area (Å²) in [6, 6.07) is 5.96. The molecular formula is C15H17BrF3IN4S. The second-order valence-corrected chi connectivity index (χ2v) is 6.83. The quantitative estimate of drug-likeness (QED) is 0.330. The summed E-state index contributed by atoms with van der Waals surface area (Å²) in [7, 11) is 1.60. The molecule has 1 aromatic heterocycles. The Labute approximate surface area is 173 Å². The van der Waals surface area contributed by atoms with Crippen molar-refractivity contribution in [1.29, 1.82) is 0 Å². The van der Waals surface area contributed by atoms with Gasteiger partial charge in [0.15, 0.2) is 11.7 Å². The van der Waals surface area contributed by atoms with Gasteiger partial charge in [-0.1, -0.05) is 22.0 Å². The van der Waals surface area contributed by atoms with E-state index in [1.807, 2.05) is 25.1 Å². The molecule has 138 valence electrons. The van der Waals surface area contributed by atoms with Gasteiger partial charge in [0.1, 0.15) is 5.01 Å². The van der Waals surface area contributed by atoms with E-state index in [0.29, 0.717) is 17.5 Å². The van der Waals surface area contributed by atoms with Crippen molar-refractivity contribution in [3.8, 4) is 0 Å². The Morgan fingerprint density at radius 2 is 1.96 bits per heavy atom. The van der Waals surface area contributed by atoms with Crippen molar-refractivity contribution in [1.82, 2.24) is 15.6 Å². The molecule has 0 unspecified atom stereocenters. The van der Waals surface area contributed by atoms with Gasteiger partial charge in [-0.15, -0.1) is 35.3 Å². The summed E-state index contributed by atoms with van der Waals surface area (Å²) >= 11 is 4.38. The minimum absolute atomic E-state index is 0. The van der Waals surface area contributed by atoms with Crippen LogP contribution in [0.3, 0.4) is 0 Å². The normalized spacial score (nSPS) is 11.8. The van der Waals surface area contributed by atoms with Crippen LogP contribution in [-0.2, 0) is 19.3 Å². The van der Waals surface area contributed by atoms with Crippen molar-refractivity contribution in [3.05, 3.63) is 49.9 Å². The molecule has 0 atom stereocenters. The lowest BCUT2D eigenvalue weighted by Crippen LogP contribution is -2.36. The summed E-state index contributed by atoms with van der Waals surface area (Å²) in [6.07, 6.45) is -4.41. The van der Waals surface area contributed by atoms with Crippen LogP contribution in [0.1, 0.15) is 21.8 Å². The number of aryl methyl sites for hydroxylation is 1. The average molecular weight is 549 g/mol. The first-order valence-corrected chi connectivity index (χ1v) is 8.68. The Kier molecular flexibility index (Phi) is 8.61. The van der Waals surface area contributed by atoms with Crippen molar-refractivity contribution in [2.75, 3.05) is 7.05 Å².